The van der Waals surface area contributed by atoms with E-state index in [0.717, 1.165) is 19.6 Å². The molecule has 1 aromatic heterocycles. The van der Waals surface area contributed by atoms with Crippen LogP contribution in [0.3, 0.4) is 0 Å². The van der Waals surface area contributed by atoms with Crippen LogP contribution in [0.5, 0.6) is 0 Å². The summed E-state index contributed by atoms with van der Waals surface area (Å²) in [4.78, 5) is 29.6. The molecule has 0 aliphatic carbocycles. The van der Waals surface area contributed by atoms with Gasteiger partial charge in [-0.1, -0.05) is 31.9 Å². The van der Waals surface area contributed by atoms with Crippen LogP contribution in [0.4, 0.5) is 0 Å². The molecule has 118 valence electrons. The third-order valence-electron chi connectivity index (χ3n) is 4.11. The van der Waals surface area contributed by atoms with Crippen molar-refractivity contribution in [3.8, 4) is 0 Å². The lowest BCUT2D eigenvalue weighted by Gasteiger charge is -2.29. The van der Waals surface area contributed by atoms with Crippen LogP contribution in [-0.4, -0.2) is 34.1 Å². The zero-order valence-electron chi connectivity index (χ0n) is 13.0. The second-order valence-electron chi connectivity index (χ2n) is 6.20. The fourth-order valence-corrected chi connectivity index (χ4v) is 3.42. The zero-order chi connectivity index (χ0) is 15.6. The van der Waals surface area contributed by atoms with Crippen LogP contribution in [0.2, 0.25) is 5.15 Å². The quantitative estimate of drug-likeness (QED) is 0.868. The van der Waals surface area contributed by atoms with E-state index in [1.165, 1.54) is 23.8 Å². The molecule has 1 atom stereocenters. The Balaban J connectivity index is 2.32. The summed E-state index contributed by atoms with van der Waals surface area (Å²) in [5, 5.41) is 0.168. The molecule has 1 fully saturated rings. The molecule has 1 saturated heterocycles. The van der Waals surface area contributed by atoms with Gasteiger partial charge in [-0.3, -0.25) is 14.3 Å². The van der Waals surface area contributed by atoms with Gasteiger partial charge < -0.3 is 4.90 Å². The van der Waals surface area contributed by atoms with Crippen LogP contribution in [0.15, 0.2) is 9.59 Å². The third kappa shape index (κ3) is 3.58. The maximum atomic E-state index is 12.6. The number of aromatic nitrogens is 2. The number of rotatable bonds is 4. The molecule has 6 heteroatoms. The fourth-order valence-electron chi connectivity index (χ4n) is 3.04. The normalized spacial score (nSPS) is 18.1. The predicted octanol–water partition coefficient (Wildman–Crippen LogP) is 2.36. The van der Waals surface area contributed by atoms with E-state index in [1.54, 1.807) is 0 Å². The first-order valence-electron chi connectivity index (χ1n) is 7.68. The Bertz CT molecular complexity index is 600. The van der Waals surface area contributed by atoms with Crippen molar-refractivity contribution in [1.82, 2.24) is 14.5 Å². The van der Waals surface area contributed by atoms with Crippen molar-refractivity contribution in [2.45, 2.75) is 52.0 Å². The molecule has 1 aromatic rings. The molecule has 0 radical (unpaired) electrons. The lowest BCUT2D eigenvalue weighted by molar-refractivity contribution is 0.198. The van der Waals surface area contributed by atoms with Gasteiger partial charge in [0, 0.05) is 6.54 Å². The van der Waals surface area contributed by atoms with E-state index in [9.17, 15) is 9.59 Å². The molecule has 0 saturated carbocycles. The summed E-state index contributed by atoms with van der Waals surface area (Å²) in [6.45, 7) is 8.54. The van der Waals surface area contributed by atoms with Crippen LogP contribution >= 0.6 is 11.6 Å². The lowest BCUT2D eigenvalue weighted by atomic mass is 10.1. The number of nitrogens with one attached hydrogen (secondary N) is 1. The first-order valence-corrected chi connectivity index (χ1v) is 8.06. The molecule has 21 heavy (non-hydrogen) atoms. The molecular weight excluding hydrogens is 290 g/mol. The van der Waals surface area contributed by atoms with Gasteiger partial charge in [-0.05, 0) is 38.8 Å². The third-order valence-corrected chi connectivity index (χ3v) is 4.41. The van der Waals surface area contributed by atoms with E-state index in [1.807, 2.05) is 20.8 Å². The Hall–Kier alpha value is -1.07. The molecule has 0 aromatic carbocycles. The summed E-state index contributed by atoms with van der Waals surface area (Å²) in [6, 6.07) is -0.158. The van der Waals surface area contributed by atoms with Gasteiger partial charge in [0.15, 0.2) is 0 Å². The molecule has 1 unspecified atom stereocenters. The van der Waals surface area contributed by atoms with Gasteiger partial charge in [0.05, 0.1) is 11.6 Å². The number of hydrogen-bond acceptors (Lipinski definition) is 3. The van der Waals surface area contributed by atoms with Crippen molar-refractivity contribution < 1.29 is 0 Å². The molecular formula is C15H24ClN3O2. The monoisotopic (exact) mass is 313 g/mol. The number of nitrogens with zero attached hydrogens (tertiary/aromatic N) is 2. The summed E-state index contributed by atoms with van der Waals surface area (Å²) < 4.78 is 1.32. The number of piperidine rings is 1. The summed E-state index contributed by atoms with van der Waals surface area (Å²) in [6.07, 6.45) is 3.65. The standard InChI is InChI=1S/C15H24ClN3O2/c1-10(2)12-13(16)17-15(21)19(14(12)20)11(3)9-18-7-5-4-6-8-18/h10-11H,4-9H2,1-3H3,(H,17,21). The van der Waals surface area contributed by atoms with E-state index in [0.29, 0.717) is 5.56 Å². The highest BCUT2D eigenvalue weighted by atomic mass is 35.5. The lowest BCUT2D eigenvalue weighted by Crippen LogP contribution is -2.44. The van der Waals surface area contributed by atoms with Crippen molar-refractivity contribution in [1.29, 1.82) is 0 Å². The number of likely N-dealkylation sites (tertiary alicyclic amines) is 1. The van der Waals surface area contributed by atoms with Crippen molar-refractivity contribution in [3.05, 3.63) is 31.6 Å². The van der Waals surface area contributed by atoms with Crippen LogP contribution in [-0.2, 0) is 0 Å². The van der Waals surface area contributed by atoms with Gasteiger partial charge in [0.1, 0.15) is 5.15 Å². The average molecular weight is 314 g/mol. The number of halogens is 1. The minimum absolute atomic E-state index is 0.0183. The van der Waals surface area contributed by atoms with Crippen LogP contribution in [0.1, 0.15) is 57.6 Å². The zero-order valence-corrected chi connectivity index (χ0v) is 13.7. The van der Waals surface area contributed by atoms with Gasteiger partial charge in [-0.2, -0.15) is 0 Å². The molecule has 1 aliphatic rings. The highest BCUT2D eigenvalue weighted by Crippen LogP contribution is 2.18. The van der Waals surface area contributed by atoms with E-state index in [2.05, 4.69) is 9.88 Å². The molecule has 1 N–H and O–H groups in total. The highest BCUT2D eigenvalue weighted by molar-refractivity contribution is 6.30. The van der Waals surface area contributed by atoms with Crippen molar-refractivity contribution in [2.24, 2.45) is 0 Å². The molecule has 0 bridgehead atoms. The highest BCUT2D eigenvalue weighted by Gasteiger charge is 2.21. The Morgan fingerprint density at radius 3 is 2.33 bits per heavy atom. The van der Waals surface area contributed by atoms with Gasteiger partial charge in [0.25, 0.3) is 5.56 Å². The van der Waals surface area contributed by atoms with Crippen LogP contribution in [0, 0.1) is 0 Å². The minimum Gasteiger partial charge on any atom is -0.301 e. The predicted molar refractivity (Wildman–Crippen MR) is 85.4 cm³/mol. The Kier molecular flexibility index (Phi) is 5.27. The summed E-state index contributed by atoms with van der Waals surface area (Å²) >= 11 is 6.02. The topological polar surface area (TPSA) is 58.1 Å². The Morgan fingerprint density at radius 1 is 1.14 bits per heavy atom. The Morgan fingerprint density at radius 2 is 1.76 bits per heavy atom. The first kappa shape index (κ1) is 16.3. The van der Waals surface area contributed by atoms with Gasteiger partial charge in [0.2, 0.25) is 0 Å². The Labute approximate surface area is 129 Å². The first-order chi connectivity index (χ1) is 9.91. The van der Waals surface area contributed by atoms with E-state index < -0.39 is 5.69 Å². The van der Waals surface area contributed by atoms with Crippen LogP contribution in [0.25, 0.3) is 0 Å². The van der Waals surface area contributed by atoms with Gasteiger partial charge in [-0.15, -0.1) is 0 Å². The van der Waals surface area contributed by atoms with Crippen molar-refractivity contribution in [3.63, 3.8) is 0 Å². The van der Waals surface area contributed by atoms with E-state index in [4.69, 9.17) is 11.6 Å². The average Bonchev–Trinajstić information content (AvgIpc) is 2.38. The summed E-state index contributed by atoms with van der Waals surface area (Å²) in [7, 11) is 0. The van der Waals surface area contributed by atoms with Crippen LogP contribution < -0.4 is 11.2 Å². The van der Waals surface area contributed by atoms with Gasteiger partial charge >= 0.3 is 5.69 Å². The van der Waals surface area contributed by atoms with E-state index in [-0.39, 0.29) is 22.7 Å². The maximum absolute atomic E-state index is 12.6. The SMILES string of the molecule is CC(C)c1c(Cl)[nH]c(=O)n(C(C)CN2CCCCC2)c1=O. The fraction of sp³-hybridized carbons (Fsp3) is 0.733. The number of hydrogen-bond donors (Lipinski definition) is 1. The molecule has 0 spiro atoms. The molecule has 5 nitrogen and oxygen atoms in total. The maximum Gasteiger partial charge on any atom is 0.329 e. The summed E-state index contributed by atoms with van der Waals surface area (Å²) in [5.41, 5.74) is -0.191. The second kappa shape index (κ2) is 6.79. The van der Waals surface area contributed by atoms with Crippen molar-refractivity contribution >= 4 is 11.6 Å². The number of aromatic amines is 1. The molecule has 2 heterocycles. The number of H-pyrrole nitrogens is 1. The molecule has 0 amide bonds. The molecule has 1 aliphatic heterocycles. The minimum atomic E-state index is -0.418. The largest absolute Gasteiger partial charge is 0.329 e. The summed E-state index contributed by atoms with van der Waals surface area (Å²) in [5.74, 6) is -0.0183. The molecule has 2 rings (SSSR count). The van der Waals surface area contributed by atoms with Crippen molar-refractivity contribution in [2.75, 3.05) is 19.6 Å². The van der Waals surface area contributed by atoms with E-state index >= 15 is 0 Å². The second-order valence-corrected chi connectivity index (χ2v) is 6.58. The smallest absolute Gasteiger partial charge is 0.301 e. The van der Waals surface area contributed by atoms with Gasteiger partial charge in [-0.25, -0.2) is 4.79 Å².